The monoisotopic (exact) mass is 376 g/mol. The van der Waals surface area contributed by atoms with Gasteiger partial charge in [0, 0.05) is 17.8 Å². The second-order valence-corrected chi connectivity index (χ2v) is 6.12. The minimum atomic E-state index is -0.727. The van der Waals surface area contributed by atoms with Gasteiger partial charge in [-0.2, -0.15) is 0 Å². The first-order valence-corrected chi connectivity index (χ1v) is 8.38. The number of rotatable bonds is 7. The van der Waals surface area contributed by atoms with E-state index in [1.54, 1.807) is 69.6 Å². The zero-order valence-electron chi connectivity index (χ0n) is 14.9. The number of nitrogens with one attached hydrogen (secondary N) is 1. The van der Waals surface area contributed by atoms with E-state index < -0.39 is 6.10 Å². The normalized spacial score (nSPS) is 11.4. The maximum Gasteiger partial charge on any atom is 0.263 e. The number of methoxy groups -OCH3 is 1. The highest BCUT2D eigenvalue weighted by Gasteiger charge is 2.21. The van der Waals surface area contributed by atoms with Crippen LogP contribution in [0.2, 0.25) is 5.02 Å². The summed E-state index contributed by atoms with van der Waals surface area (Å²) < 4.78 is 10.6. The first kappa shape index (κ1) is 19.6. The third-order valence-electron chi connectivity index (χ3n) is 3.61. The Morgan fingerprint density at radius 2 is 1.65 bits per heavy atom. The average Bonchev–Trinajstić information content (AvgIpc) is 2.63. The number of hydrogen-bond acceptors (Lipinski definition) is 4. The molecule has 0 spiro atoms. The van der Waals surface area contributed by atoms with Gasteiger partial charge in [0.15, 0.2) is 6.10 Å². The number of carbonyl (C=O) groups is 2. The van der Waals surface area contributed by atoms with Crippen molar-refractivity contribution in [2.75, 3.05) is 26.0 Å². The molecule has 1 atom stereocenters. The third kappa shape index (κ3) is 5.67. The minimum absolute atomic E-state index is 0.0841. The van der Waals surface area contributed by atoms with Gasteiger partial charge in [0.25, 0.3) is 5.91 Å². The Morgan fingerprint density at radius 1 is 1.08 bits per heavy atom. The minimum Gasteiger partial charge on any atom is -0.497 e. The highest BCUT2D eigenvalue weighted by molar-refractivity contribution is 6.30. The van der Waals surface area contributed by atoms with Crippen LogP contribution in [-0.2, 0) is 9.59 Å². The van der Waals surface area contributed by atoms with E-state index in [1.807, 2.05) is 0 Å². The van der Waals surface area contributed by atoms with E-state index in [1.165, 1.54) is 4.90 Å². The summed E-state index contributed by atoms with van der Waals surface area (Å²) in [7, 11) is 3.12. The molecule has 138 valence electrons. The molecule has 6 nitrogen and oxygen atoms in total. The summed E-state index contributed by atoms with van der Waals surface area (Å²) >= 11 is 5.82. The fourth-order valence-electron chi connectivity index (χ4n) is 2.25. The van der Waals surface area contributed by atoms with E-state index in [0.29, 0.717) is 22.2 Å². The molecular weight excluding hydrogens is 356 g/mol. The van der Waals surface area contributed by atoms with E-state index in [4.69, 9.17) is 21.1 Å². The third-order valence-corrected chi connectivity index (χ3v) is 3.86. The molecule has 2 amide bonds. The van der Waals surface area contributed by atoms with Crippen LogP contribution >= 0.6 is 11.6 Å². The number of anilines is 1. The molecule has 0 aliphatic rings. The Labute approximate surface area is 157 Å². The molecule has 2 rings (SSSR count). The zero-order chi connectivity index (χ0) is 19.1. The van der Waals surface area contributed by atoms with Gasteiger partial charge in [-0.05, 0) is 55.5 Å². The van der Waals surface area contributed by atoms with Crippen LogP contribution in [0.5, 0.6) is 11.5 Å². The summed E-state index contributed by atoms with van der Waals surface area (Å²) in [6.45, 7) is 1.55. The van der Waals surface area contributed by atoms with E-state index in [2.05, 4.69) is 5.32 Å². The standard InChI is InChI=1S/C19H21ClN2O4/c1-13(26-17-8-4-14(20)5-9-17)19(24)22(2)12-18(23)21-15-6-10-16(25-3)11-7-15/h4-11,13H,12H2,1-3H3,(H,21,23). The second-order valence-electron chi connectivity index (χ2n) is 5.68. The summed E-state index contributed by atoms with van der Waals surface area (Å²) in [4.78, 5) is 25.8. The van der Waals surface area contributed by atoms with E-state index in [-0.39, 0.29) is 18.4 Å². The first-order valence-electron chi connectivity index (χ1n) is 8.00. The van der Waals surface area contributed by atoms with Gasteiger partial charge < -0.3 is 19.7 Å². The molecule has 0 aliphatic heterocycles. The quantitative estimate of drug-likeness (QED) is 0.805. The number of benzene rings is 2. The van der Waals surface area contributed by atoms with Crippen LogP contribution in [0.25, 0.3) is 0 Å². The van der Waals surface area contributed by atoms with Crippen molar-refractivity contribution >= 4 is 29.1 Å². The smallest absolute Gasteiger partial charge is 0.263 e. The lowest BCUT2D eigenvalue weighted by Crippen LogP contribution is -2.41. The zero-order valence-corrected chi connectivity index (χ0v) is 15.6. The van der Waals surface area contributed by atoms with Crippen LogP contribution in [0.1, 0.15) is 6.92 Å². The molecule has 0 radical (unpaired) electrons. The number of amides is 2. The number of ether oxygens (including phenoxy) is 2. The van der Waals surface area contributed by atoms with Gasteiger partial charge in [0.2, 0.25) is 5.91 Å². The molecule has 7 heteroatoms. The van der Waals surface area contributed by atoms with Crippen LogP contribution in [0, 0.1) is 0 Å². The Balaban J connectivity index is 1.86. The van der Waals surface area contributed by atoms with Crippen LogP contribution in [-0.4, -0.2) is 43.5 Å². The lowest BCUT2D eigenvalue weighted by molar-refractivity contribution is -0.139. The number of carbonyl (C=O) groups excluding carboxylic acids is 2. The maximum absolute atomic E-state index is 12.4. The molecule has 0 saturated heterocycles. The van der Waals surface area contributed by atoms with Crippen LogP contribution < -0.4 is 14.8 Å². The fourth-order valence-corrected chi connectivity index (χ4v) is 2.37. The van der Waals surface area contributed by atoms with Crippen molar-refractivity contribution < 1.29 is 19.1 Å². The van der Waals surface area contributed by atoms with Crippen molar-refractivity contribution in [1.82, 2.24) is 4.90 Å². The summed E-state index contributed by atoms with van der Waals surface area (Å²) in [5.74, 6) is 0.629. The lowest BCUT2D eigenvalue weighted by atomic mass is 10.3. The molecule has 0 aromatic heterocycles. The van der Waals surface area contributed by atoms with Gasteiger partial charge >= 0.3 is 0 Å². The van der Waals surface area contributed by atoms with E-state index in [0.717, 1.165) is 0 Å². The molecule has 1 unspecified atom stereocenters. The highest BCUT2D eigenvalue weighted by Crippen LogP contribution is 2.17. The van der Waals surface area contributed by atoms with Gasteiger partial charge in [-0.1, -0.05) is 11.6 Å². The average molecular weight is 377 g/mol. The predicted molar refractivity (Wildman–Crippen MR) is 101 cm³/mol. The first-order chi connectivity index (χ1) is 12.4. The van der Waals surface area contributed by atoms with Crippen molar-refractivity contribution in [3.63, 3.8) is 0 Å². The van der Waals surface area contributed by atoms with Gasteiger partial charge in [-0.25, -0.2) is 0 Å². The van der Waals surface area contributed by atoms with Crippen LogP contribution in [0.3, 0.4) is 0 Å². The number of nitrogens with zero attached hydrogens (tertiary/aromatic N) is 1. The van der Waals surface area contributed by atoms with Gasteiger partial charge in [-0.15, -0.1) is 0 Å². The van der Waals surface area contributed by atoms with Crippen molar-refractivity contribution in [3.8, 4) is 11.5 Å². The molecule has 0 fully saturated rings. The molecular formula is C19H21ClN2O4. The SMILES string of the molecule is COc1ccc(NC(=O)CN(C)C(=O)C(C)Oc2ccc(Cl)cc2)cc1. The Hall–Kier alpha value is -2.73. The molecule has 0 aliphatic carbocycles. The fraction of sp³-hybridized carbons (Fsp3) is 0.263. The second kappa shape index (κ2) is 9.10. The molecule has 1 N–H and O–H groups in total. The Bertz CT molecular complexity index is 747. The van der Waals surface area contributed by atoms with Gasteiger partial charge in [-0.3, -0.25) is 9.59 Å². The molecule has 0 bridgehead atoms. The van der Waals surface area contributed by atoms with Crippen molar-refractivity contribution in [2.24, 2.45) is 0 Å². The summed E-state index contributed by atoms with van der Waals surface area (Å²) in [6.07, 6.45) is -0.727. The number of halogens is 1. The van der Waals surface area contributed by atoms with E-state index >= 15 is 0 Å². The van der Waals surface area contributed by atoms with Crippen molar-refractivity contribution in [2.45, 2.75) is 13.0 Å². The number of likely N-dealkylation sites (N-methyl/N-ethyl adjacent to an activating group) is 1. The summed E-state index contributed by atoms with van der Waals surface area (Å²) in [5, 5.41) is 3.32. The van der Waals surface area contributed by atoms with Crippen LogP contribution in [0.4, 0.5) is 5.69 Å². The molecule has 0 saturated carbocycles. The Kier molecular flexibility index (Phi) is 6.86. The summed E-state index contributed by atoms with van der Waals surface area (Å²) in [5.41, 5.74) is 0.627. The predicted octanol–water partition coefficient (Wildman–Crippen LogP) is 3.21. The largest absolute Gasteiger partial charge is 0.497 e. The Morgan fingerprint density at radius 3 is 2.23 bits per heavy atom. The van der Waals surface area contributed by atoms with Gasteiger partial charge in [0.1, 0.15) is 11.5 Å². The van der Waals surface area contributed by atoms with Crippen molar-refractivity contribution in [3.05, 3.63) is 53.6 Å². The highest BCUT2D eigenvalue weighted by atomic mass is 35.5. The number of hydrogen-bond donors (Lipinski definition) is 1. The van der Waals surface area contributed by atoms with Gasteiger partial charge in [0.05, 0.1) is 13.7 Å². The van der Waals surface area contributed by atoms with E-state index in [9.17, 15) is 9.59 Å². The van der Waals surface area contributed by atoms with Crippen LogP contribution in [0.15, 0.2) is 48.5 Å². The topological polar surface area (TPSA) is 67.9 Å². The maximum atomic E-state index is 12.4. The summed E-state index contributed by atoms with van der Waals surface area (Å²) in [6, 6.07) is 13.7. The molecule has 2 aromatic carbocycles. The lowest BCUT2D eigenvalue weighted by Gasteiger charge is -2.21. The molecule has 2 aromatic rings. The molecule has 0 heterocycles. The molecule has 26 heavy (non-hydrogen) atoms. The van der Waals surface area contributed by atoms with Crippen molar-refractivity contribution in [1.29, 1.82) is 0 Å².